The van der Waals surface area contributed by atoms with Gasteiger partial charge in [-0.25, -0.2) is 4.98 Å². The molecule has 1 amide bonds. The van der Waals surface area contributed by atoms with Gasteiger partial charge in [-0.1, -0.05) is 6.07 Å². The molecule has 2 aromatic rings. The second-order valence-electron chi connectivity index (χ2n) is 4.30. The summed E-state index contributed by atoms with van der Waals surface area (Å²) in [5.41, 5.74) is 2.46. The maximum atomic E-state index is 11.8. The molecule has 0 saturated carbocycles. The topological polar surface area (TPSA) is 74.2 Å². The van der Waals surface area contributed by atoms with Crippen LogP contribution in [-0.2, 0) is 6.54 Å². The monoisotopic (exact) mass is 291 g/mol. The lowest BCUT2D eigenvalue weighted by molar-refractivity contribution is 0.0945. The lowest BCUT2D eigenvalue weighted by Gasteiger charge is -2.07. The third-order valence-corrected chi connectivity index (χ3v) is 3.60. The molecule has 6 heteroatoms. The van der Waals surface area contributed by atoms with Gasteiger partial charge in [-0.05, 0) is 25.1 Å². The van der Waals surface area contributed by atoms with Crippen LogP contribution < -0.4 is 10.6 Å². The van der Waals surface area contributed by atoms with Gasteiger partial charge < -0.3 is 15.7 Å². The van der Waals surface area contributed by atoms with Gasteiger partial charge in [-0.2, -0.15) is 0 Å². The number of carbonyl (C=O) groups is 1. The summed E-state index contributed by atoms with van der Waals surface area (Å²) in [6.45, 7) is 2.80. The standard InChI is InChI=1S/C14H17N3O2S/c1-10-9-20-13(17-10)8-16-12-4-2-3-11(7-12)14(19)15-5-6-18/h2-4,7,9,16,18H,5-6,8H2,1H3,(H,15,19). The van der Waals surface area contributed by atoms with Crippen molar-refractivity contribution in [2.45, 2.75) is 13.5 Å². The maximum Gasteiger partial charge on any atom is 0.251 e. The number of anilines is 1. The fraction of sp³-hybridized carbons (Fsp3) is 0.286. The molecule has 0 atom stereocenters. The molecule has 0 spiro atoms. The highest BCUT2D eigenvalue weighted by atomic mass is 32.1. The van der Waals surface area contributed by atoms with Crippen LogP contribution in [0.2, 0.25) is 0 Å². The fourth-order valence-electron chi connectivity index (χ4n) is 1.70. The van der Waals surface area contributed by atoms with Crippen molar-refractivity contribution in [1.29, 1.82) is 0 Å². The molecule has 3 N–H and O–H groups in total. The summed E-state index contributed by atoms with van der Waals surface area (Å²) in [5, 5.41) is 17.6. The molecule has 1 heterocycles. The summed E-state index contributed by atoms with van der Waals surface area (Å²) in [6, 6.07) is 7.26. The average molecular weight is 291 g/mol. The van der Waals surface area contributed by atoms with Gasteiger partial charge >= 0.3 is 0 Å². The van der Waals surface area contributed by atoms with E-state index in [4.69, 9.17) is 5.11 Å². The second kappa shape index (κ2) is 7.02. The number of amides is 1. The molecule has 0 radical (unpaired) electrons. The van der Waals surface area contributed by atoms with Crippen LogP contribution >= 0.6 is 11.3 Å². The van der Waals surface area contributed by atoms with E-state index in [2.05, 4.69) is 15.6 Å². The third-order valence-electron chi connectivity index (χ3n) is 2.63. The number of nitrogens with one attached hydrogen (secondary N) is 2. The van der Waals surface area contributed by atoms with Crippen LogP contribution in [-0.4, -0.2) is 29.1 Å². The molecular weight excluding hydrogens is 274 g/mol. The zero-order chi connectivity index (χ0) is 14.4. The normalized spacial score (nSPS) is 10.3. The van der Waals surface area contributed by atoms with E-state index in [-0.39, 0.29) is 19.1 Å². The van der Waals surface area contributed by atoms with Crippen LogP contribution in [0.1, 0.15) is 21.1 Å². The van der Waals surface area contributed by atoms with Crippen molar-refractivity contribution < 1.29 is 9.90 Å². The Morgan fingerprint density at radius 3 is 3.00 bits per heavy atom. The van der Waals surface area contributed by atoms with E-state index in [0.717, 1.165) is 16.4 Å². The number of nitrogens with zero attached hydrogens (tertiary/aromatic N) is 1. The zero-order valence-corrected chi connectivity index (χ0v) is 12.0. The first-order valence-corrected chi connectivity index (χ1v) is 7.21. The average Bonchev–Trinajstić information content (AvgIpc) is 2.88. The quantitative estimate of drug-likeness (QED) is 0.758. The first-order chi connectivity index (χ1) is 9.69. The highest BCUT2D eigenvalue weighted by molar-refractivity contribution is 7.09. The molecule has 5 nitrogen and oxygen atoms in total. The lowest BCUT2D eigenvalue weighted by Crippen LogP contribution is -2.26. The van der Waals surface area contributed by atoms with Crippen LogP contribution in [0, 0.1) is 6.92 Å². The number of benzene rings is 1. The van der Waals surface area contributed by atoms with E-state index in [9.17, 15) is 4.79 Å². The molecule has 20 heavy (non-hydrogen) atoms. The SMILES string of the molecule is Cc1csc(CNc2cccc(C(=O)NCCO)c2)n1. The van der Waals surface area contributed by atoms with Crippen LogP contribution in [0.5, 0.6) is 0 Å². The summed E-state index contributed by atoms with van der Waals surface area (Å²) in [6.07, 6.45) is 0. The minimum atomic E-state index is -0.187. The van der Waals surface area contributed by atoms with Gasteiger partial charge in [-0.3, -0.25) is 4.79 Å². The maximum absolute atomic E-state index is 11.8. The number of carbonyl (C=O) groups excluding carboxylic acids is 1. The van der Waals surface area contributed by atoms with Crippen molar-refractivity contribution in [2.75, 3.05) is 18.5 Å². The lowest BCUT2D eigenvalue weighted by atomic mass is 10.2. The predicted octanol–water partition coefficient (Wildman–Crippen LogP) is 1.79. The van der Waals surface area contributed by atoms with Gasteiger partial charge in [-0.15, -0.1) is 11.3 Å². The van der Waals surface area contributed by atoms with E-state index >= 15 is 0 Å². The molecule has 1 aromatic carbocycles. The zero-order valence-electron chi connectivity index (χ0n) is 11.2. The molecule has 0 aliphatic heterocycles. The predicted molar refractivity (Wildman–Crippen MR) is 80.0 cm³/mol. The highest BCUT2D eigenvalue weighted by Crippen LogP contribution is 2.14. The van der Waals surface area contributed by atoms with E-state index in [1.54, 1.807) is 23.5 Å². The van der Waals surface area contributed by atoms with Crippen LogP contribution in [0.25, 0.3) is 0 Å². The first-order valence-electron chi connectivity index (χ1n) is 6.33. The second-order valence-corrected chi connectivity index (χ2v) is 5.24. The number of aliphatic hydroxyl groups is 1. The van der Waals surface area contributed by atoms with Crippen molar-refractivity contribution in [3.63, 3.8) is 0 Å². The largest absolute Gasteiger partial charge is 0.395 e. The molecule has 2 rings (SSSR count). The van der Waals surface area contributed by atoms with E-state index < -0.39 is 0 Å². The number of thiazole rings is 1. The molecule has 0 aliphatic rings. The summed E-state index contributed by atoms with van der Waals surface area (Å²) in [7, 11) is 0. The number of aromatic nitrogens is 1. The summed E-state index contributed by atoms with van der Waals surface area (Å²) >= 11 is 1.61. The highest BCUT2D eigenvalue weighted by Gasteiger charge is 2.05. The van der Waals surface area contributed by atoms with E-state index in [1.807, 2.05) is 24.4 Å². The number of rotatable bonds is 6. The van der Waals surface area contributed by atoms with Gasteiger partial charge in [0.15, 0.2) is 0 Å². The van der Waals surface area contributed by atoms with Gasteiger partial charge in [0.05, 0.1) is 13.2 Å². The molecule has 0 saturated heterocycles. The van der Waals surface area contributed by atoms with Gasteiger partial charge in [0.1, 0.15) is 5.01 Å². The Balaban J connectivity index is 1.97. The fourth-order valence-corrected chi connectivity index (χ4v) is 2.41. The van der Waals surface area contributed by atoms with Gasteiger partial charge in [0.25, 0.3) is 5.91 Å². The third kappa shape index (κ3) is 4.04. The van der Waals surface area contributed by atoms with Crippen molar-refractivity contribution in [1.82, 2.24) is 10.3 Å². The Hall–Kier alpha value is -1.92. The Kier molecular flexibility index (Phi) is 5.09. The van der Waals surface area contributed by atoms with Gasteiger partial charge in [0.2, 0.25) is 0 Å². The van der Waals surface area contributed by atoms with Crippen molar-refractivity contribution in [2.24, 2.45) is 0 Å². The van der Waals surface area contributed by atoms with E-state index in [1.165, 1.54) is 0 Å². The van der Waals surface area contributed by atoms with Crippen LogP contribution in [0.4, 0.5) is 5.69 Å². The molecule has 0 bridgehead atoms. The van der Waals surface area contributed by atoms with Crippen molar-refractivity contribution in [3.05, 3.63) is 45.9 Å². The number of aryl methyl sites for hydroxylation is 1. The Morgan fingerprint density at radius 1 is 1.45 bits per heavy atom. The molecule has 0 aliphatic carbocycles. The first kappa shape index (κ1) is 14.5. The molecular formula is C14H17N3O2S. The summed E-state index contributed by atoms with van der Waals surface area (Å²) in [5.74, 6) is -0.187. The molecule has 106 valence electrons. The molecule has 0 unspecified atom stereocenters. The Labute approximate surface area is 121 Å². The summed E-state index contributed by atoms with van der Waals surface area (Å²) < 4.78 is 0. The number of hydrogen-bond donors (Lipinski definition) is 3. The van der Waals surface area contributed by atoms with E-state index in [0.29, 0.717) is 12.1 Å². The summed E-state index contributed by atoms with van der Waals surface area (Å²) in [4.78, 5) is 16.1. The number of aliphatic hydroxyl groups excluding tert-OH is 1. The minimum Gasteiger partial charge on any atom is -0.395 e. The van der Waals surface area contributed by atoms with Crippen LogP contribution in [0.15, 0.2) is 29.6 Å². The van der Waals surface area contributed by atoms with Crippen LogP contribution in [0.3, 0.4) is 0 Å². The Bertz CT molecular complexity index is 583. The molecule has 1 aromatic heterocycles. The van der Waals surface area contributed by atoms with Crippen molar-refractivity contribution in [3.8, 4) is 0 Å². The Morgan fingerprint density at radius 2 is 2.30 bits per heavy atom. The smallest absolute Gasteiger partial charge is 0.251 e. The number of hydrogen-bond acceptors (Lipinski definition) is 5. The molecule has 0 fully saturated rings. The minimum absolute atomic E-state index is 0.0624. The van der Waals surface area contributed by atoms with Gasteiger partial charge in [0, 0.05) is 28.9 Å². The van der Waals surface area contributed by atoms with Crippen molar-refractivity contribution >= 4 is 22.9 Å².